The van der Waals surface area contributed by atoms with Crippen molar-refractivity contribution >= 4 is 0 Å². The lowest BCUT2D eigenvalue weighted by Gasteiger charge is -2.25. The van der Waals surface area contributed by atoms with Crippen LogP contribution in [-0.2, 0) is 4.74 Å². The molecule has 0 aromatic rings. The van der Waals surface area contributed by atoms with Crippen LogP contribution in [0.5, 0.6) is 0 Å². The van der Waals surface area contributed by atoms with Gasteiger partial charge in [0.2, 0.25) is 0 Å². The number of aliphatic hydroxyl groups is 1. The van der Waals surface area contributed by atoms with Crippen LogP contribution in [0.3, 0.4) is 0 Å². The molecule has 0 aromatic carbocycles. The molecule has 0 amide bonds. The topological polar surface area (TPSA) is 55.5 Å². The molecular formula is C7H15NO2. The van der Waals surface area contributed by atoms with Crippen LogP contribution in [-0.4, -0.2) is 31.0 Å². The smallest absolute Gasteiger partial charge is 0.0586 e. The lowest BCUT2D eigenvalue weighted by Crippen LogP contribution is -2.38. The van der Waals surface area contributed by atoms with Crippen molar-refractivity contribution < 1.29 is 9.84 Å². The molecule has 1 fully saturated rings. The second-order valence-corrected chi connectivity index (χ2v) is 2.82. The lowest BCUT2D eigenvalue weighted by atomic mass is 9.95. The van der Waals surface area contributed by atoms with Crippen molar-refractivity contribution in [1.82, 2.24) is 0 Å². The van der Waals surface area contributed by atoms with E-state index in [0.717, 1.165) is 26.1 Å². The first-order chi connectivity index (χ1) is 4.84. The van der Waals surface area contributed by atoms with Crippen LogP contribution in [0.2, 0.25) is 0 Å². The van der Waals surface area contributed by atoms with E-state index in [4.69, 9.17) is 15.6 Å². The SMILES string of the molecule is NC(CO)C1CCCOC1. The molecule has 3 N–H and O–H groups in total. The van der Waals surface area contributed by atoms with Crippen LogP contribution < -0.4 is 5.73 Å². The van der Waals surface area contributed by atoms with Crippen LogP contribution in [0.1, 0.15) is 12.8 Å². The van der Waals surface area contributed by atoms with E-state index in [0.29, 0.717) is 5.92 Å². The van der Waals surface area contributed by atoms with Crippen LogP contribution in [0.4, 0.5) is 0 Å². The quantitative estimate of drug-likeness (QED) is 0.562. The van der Waals surface area contributed by atoms with E-state index < -0.39 is 0 Å². The second kappa shape index (κ2) is 3.91. The largest absolute Gasteiger partial charge is 0.395 e. The summed E-state index contributed by atoms with van der Waals surface area (Å²) in [6.07, 6.45) is 2.18. The molecule has 0 aromatic heterocycles. The van der Waals surface area contributed by atoms with E-state index in [1.54, 1.807) is 0 Å². The molecular weight excluding hydrogens is 130 g/mol. The standard InChI is InChI=1S/C7H15NO2/c8-7(4-9)6-2-1-3-10-5-6/h6-7,9H,1-5,8H2. The van der Waals surface area contributed by atoms with Crippen molar-refractivity contribution in [2.45, 2.75) is 18.9 Å². The van der Waals surface area contributed by atoms with Crippen molar-refractivity contribution in [2.75, 3.05) is 19.8 Å². The Hall–Kier alpha value is -0.120. The highest BCUT2D eigenvalue weighted by Crippen LogP contribution is 2.15. The number of rotatable bonds is 2. The summed E-state index contributed by atoms with van der Waals surface area (Å²) in [5.41, 5.74) is 5.62. The predicted molar refractivity (Wildman–Crippen MR) is 38.6 cm³/mol. The number of ether oxygens (including phenoxy) is 1. The minimum atomic E-state index is -0.0831. The first-order valence-electron chi connectivity index (χ1n) is 3.78. The maximum absolute atomic E-state index is 8.71. The first-order valence-corrected chi connectivity index (χ1v) is 3.78. The lowest BCUT2D eigenvalue weighted by molar-refractivity contribution is 0.0358. The highest BCUT2D eigenvalue weighted by molar-refractivity contribution is 4.73. The fraction of sp³-hybridized carbons (Fsp3) is 1.00. The number of hydrogen-bond acceptors (Lipinski definition) is 3. The van der Waals surface area contributed by atoms with E-state index in [1.165, 1.54) is 0 Å². The molecule has 3 heteroatoms. The molecule has 3 nitrogen and oxygen atoms in total. The van der Waals surface area contributed by atoms with E-state index >= 15 is 0 Å². The van der Waals surface area contributed by atoms with Gasteiger partial charge >= 0.3 is 0 Å². The zero-order chi connectivity index (χ0) is 7.40. The van der Waals surface area contributed by atoms with Gasteiger partial charge in [0.15, 0.2) is 0 Å². The number of nitrogens with two attached hydrogens (primary N) is 1. The van der Waals surface area contributed by atoms with Gasteiger partial charge in [-0.15, -0.1) is 0 Å². The fourth-order valence-electron chi connectivity index (χ4n) is 1.25. The van der Waals surface area contributed by atoms with Crippen LogP contribution in [0, 0.1) is 5.92 Å². The van der Waals surface area contributed by atoms with Crippen molar-refractivity contribution in [3.05, 3.63) is 0 Å². The Labute approximate surface area is 61.2 Å². The molecule has 1 rings (SSSR count). The van der Waals surface area contributed by atoms with Gasteiger partial charge < -0.3 is 15.6 Å². The van der Waals surface area contributed by atoms with Gasteiger partial charge in [-0.2, -0.15) is 0 Å². The molecule has 0 radical (unpaired) electrons. The monoisotopic (exact) mass is 145 g/mol. The summed E-state index contributed by atoms with van der Waals surface area (Å²) in [5.74, 6) is 0.374. The average molecular weight is 145 g/mol. The van der Waals surface area contributed by atoms with Crippen molar-refractivity contribution in [3.63, 3.8) is 0 Å². The maximum Gasteiger partial charge on any atom is 0.0586 e. The van der Waals surface area contributed by atoms with Gasteiger partial charge in [0.1, 0.15) is 0 Å². The van der Waals surface area contributed by atoms with E-state index in [9.17, 15) is 0 Å². The predicted octanol–water partition coefficient (Wildman–Crippen LogP) is -0.267. The molecule has 0 spiro atoms. The molecule has 2 unspecified atom stereocenters. The van der Waals surface area contributed by atoms with Gasteiger partial charge in [0.05, 0.1) is 13.2 Å². The van der Waals surface area contributed by atoms with Gasteiger partial charge in [-0.3, -0.25) is 0 Å². The molecule has 1 heterocycles. The summed E-state index contributed by atoms with van der Waals surface area (Å²) in [6.45, 7) is 1.66. The molecule has 60 valence electrons. The summed E-state index contributed by atoms with van der Waals surface area (Å²) in [5, 5.41) is 8.71. The Morgan fingerprint density at radius 1 is 1.70 bits per heavy atom. The first kappa shape index (κ1) is 7.98. The maximum atomic E-state index is 8.71. The minimum Gasteiger partial charge on any atom is -0.395 e. The second-order valence-electron chi connectivity index (χ2n) is 2.82. The zero-order valence-electron chi connectivity index (χ0n) is 6.12. The Morgan fingerprint density at radius 2 is 2.50 bits per heavy atom. The third kappa shape index (κ3) is 1.94. The molecule has 1 aliphatic heterocycles. The van der Waals surface area contributed by atoms with Crippen LogP contribution in [0.25, 0.3) is 0 Å². The minimum absolute atomic E-state index is 0.0774. The number of aliphatic hydroxyl groups excluding tert-OH is 1. The molecule has 0 aliphatic carbocycles. The van der Waals surface area contributed by atoms with Gasteiger partial charge in [0.25, 0.3) is 0 Å². The number of hydrogen-bond donors (Lipinski definition) is 2. The van der Waals surface area contributed by atoms with Crippen molar-refractivity contribution in [1.29, 1.82) is 0 Å². The molecule has 10 heavy (non-hydrogen) atoms. The normalized spacial score (nSPS) is 30.0. The third-order valence-electron chi connectivity index (χ3n) is 2.01. The van der Waals surface area contributed by atoms with E-state index in [2.05, 4.69) is 0 Å². The Morgan fingerprint density at radius 3 is 3.00 bits per heavy atom. The summed E-state index contributed by atoms with van der Waals surface area (Å²) in [7, 11) is 0. The highest BCUT2D eigenvalue weighted by atomic mass is 16.5. The van der Waals surface area contributed by atoms with Gasteiger partial charge in [-0.25, -0.2) is 0 Å². The summed E-state index contributed by atoms with van der Waals surface area (Å²) in [6, 6.07) is -0.0831. The molecule has 2 atom stereocenters. The molecule has 0 bridgehead atoms. The molecule has 1 saturated heterocycles. The Bertz CT molecular complexity index is 91.6. The average Bonchev–Trinajstić information content (AvgIpc) is 2.05. The molecule has 0 saturated carbocycles. The zero-order valence-corrected chi connectivity index (χ0v) is 6.12. The summed E-state index contributed by atoms with van der Waals surface area (Å²) >= 11 is 0. The summed E-state index contributed by atoms with van der Waals surface area (Å²) in [4.78, 5) is 0. The van der Waals surface area contributed by atoms with E-state index in [-0.39, 0.29) is 12.6 Å². The highest BCUT2D eigenvalue weighted by Gasteiger charge is 2.19. The Kier molecular flexibility index (Phi) is 3.12. The molecule has 1 aliphatic rings. The van der Waals surface area contributed by atoms with E-state index in [1.807, 2.05) is 0 Å². The fourth-order valence-corrected chi connectivity index (χ4v) is 1.25. The van der Waals surface area contributed by atoms with Crippen LogP contribution in [0.15, 0.2) is 0 Å². The summed E-state index contributed by atoms with van der Waals surface area (Å²) < 4.78 is 5.21. The Balaban J connectivity index is 2.24. The van der Waals surface area contributed by atoms with Crippen molar-refractivity contribution in [3.8, 4) is 0 Å². The van der Waals surface area contributed by atoms with Crippen molar-refractivity contribution in [2.24, 2.45) is 11.7 Å². The van der Waals surface area contributed by atoms with Gasteiger partial charge in [-0.05, 0) is 18.8 Å². The van der Waals surface area contributed by atoms with Gasteiger partial charge in [0, 0.05) is 12.6 Å². The van der Waals surface area contributed by atoms with Gasteiger partial charge in [-0.1, -0.05) is 0 Å². The third-order valence-corrected chi connectivity index (χ3v) is 2.01. The van der Waals surface area contributed by atoms with Crippen LogP contribution >= 0.6 is 0 Å².